The predicted molar refractivity (Wildman–Crippen MR) is 80.8 cm³/mol. The molecule has 0 amide bonds. The van der Waals surface area contributed by atoms with E-state index < -0.39 is 62.6 Å². The Hall–Kier alpha value is -1.71. The molecule has 0 fully saturated rings. The number of nitrogens with two attached hydrogens (primary N) is 1. The monoisotopic (exact) mass is 401 g/mol. The van der Waals surface area contributed by atoms with Crippen LogP contribution in [0, 0.1) is 0 Å². The fraction of sp³-hybridized carbons (Fsp3) is 0.200. The molecule has 24 heavy (non-hydrogen) atoms. The molecule has 6 N–H and O–H groups in total. The van der Waals surface area contributed by atoms with Gasteiger partial charge >= 0.3 is 0 Å². The van der Waals surface area contributed by atoms with Crippen LogP contribution < -0.4 is 5.73 Å². The highest BCUT2D eigenvalue weighted by Crippen LogP contribution is 2.42. The lowest BCUT2D eigenvalue weighted by atomic mass is 9.93. The number of hydrogen-bond donors (Lipinski definition) is 5. The summed E-state index contributed by atoms with van der Waals surface area (Å²) in [5, 5.41) is 9.95. The van der Waals surface area contributed by atoms with Crippen LogP contribution in [0.4, 0.5) is 5.69 Å². The van der Waals surface area contributed by atoms with Crippen LogP contribution in [-0.2, 0) is 36.8 Å². The van der Waals surface area contributed by atoms with Gasteiger partial charge in [-0.1, -0.05) is 0 Å². The number of aliphatic hydroxyl groups is 1. The lowest BCUT2D eigenvalue weighted by Gasteiger charge is -2.30. The van der Waals surface area contributed by atoms with Gasteiger partial charge in [-0.25, -0.2) is 0 Å². The maximum absolute atomic E-state index is 11.6. The molecule has 0 spiro atoms. The summed E-state index contributed by atoms with van der Waals surface area (Å²) in [6, 6.07) is 1.72. The van der Waals surface area contributed by atoms with Gasteiger partial charge in [-0.15, -0.1) is 0 Å². The van der Waals surface area contributed by atoms with Gasteiger partial charge in [0.15, 0.2) is 0 Å². The smallest absolute Gasteiger partial charge is 0.294 e. The first-order valence-electron chi connectivity index (χ1n) is 5.87. The normalized spacial score (nSPS) is 17.9. The highest BCUT2D eigenvalue weighted by Gasteiger charge is 2.56. The lowest BCUT2D eigenvalue weighted by Crippen LogP contribution is -2.48. The number of rotatable bonds is 3. The van der Waals surface area contributed by atoms with Gasteiger partial charge in [0.05, 0.1) is 4.90 Å². The molecule has 0 aliphatic heterocycles. The fourth-order valence-electron chi connectivity index (χ4n) is 2.41. The van der Waals surface area contributed by atoms with Crippen molar-refractivity contribution in [2.45, 2.75) is 15.4 Å². The molecule has 1 aromatic carbocycles. The average molecular weight is 401 g/mol. The maximum Gasteiger partial charge on any atom is 0.294 e. The summed E-state index contributed by atoms with van der Waals surface area (Å²) >= 11 is 0. The molecule has 11 nitrogen and oxygen atoms in total. The second-order valence-corrected chi connectivity index (χ2v) is 9.96. The molecule has 1 aliphatic rings. The minimum Gasteiger partial charge on any atom is -0.507 e. The van der Waals surface area contributed by atoms with Crippen molar-refractivity contribution in [3.63, 3.8) is 0 Å². The topological polar surface area (TPSA) is 209 Å². The standard InChI is InChI=1S/C10H11NO10S3/c11-6-1-2-8(22(13,14)15)5-3-10(23(16,17)18,24(19,20)21)4-7(12)9(5)6/h1-2,4,12H,3,11H2,(H,13,14,15)(H,16,17,18)(H,19,20,21). The van der Waals surface area contributed by atoms with Crippen LogP contribution in [0.1, 0.15) is 11.1 Å². The number of anilines is 1. The van der Waals surface area contributed by atoms with Crippen molar-refractivity contribution in [3.8, 4) is 0 Å². The zero-order valence-electron chi connectivity index (χ0n) is 11.5. The molecule has 1 aromatic rings. The second-order valence-electron chi connectivity index (χ2n) is 4.95. The van der Waals surface area contributed by atoms with Crippen LogP contribution in [-0.4, -0.2) is 48.1 Å². The third-order valence-corrected chi connectivity index (χ3v) is 7.96. The van der Waals surface area contributed by atoms with Gasteiger partial charge in [0.2, 0.25) is 4.08 Å². The summed E-state index contributed by atoms with van der Waals surface area (Å²) in [6.07, 6.45) is -1.19. The van der Waals surface area contributed by atoms with Crippen molar-refractivity contribution in [2.24, 2.45) is 0 Å². The molecule has 0 saturated carbocycles. The Balaban J connectivity index is 3.02. The van der Waals surface area contributed by atoms with Gasteiger partial charge in [-0.3, -0.25) is 13.7 Å². The van der Waals surface area contributed by atoms with Gasteiger partial charge < -0.3 is 10.8 Å². The van der Waals surface area contributed by atoms with E-state index in [0.717, 1.165) is 12.1 Å². The zero-order valence-corrected chi connectivity index (χ0v) is 13.9. The first-order chi connectivity index (χ1) is 10.6. The second kappa shape index (κ2) is 5.14. The summed E-state index contributed by atoms with van der Waals surface area (Å²) < 4.78 is 93.4. The van der Waals surface area contributed by atoms with Crippen LogP contribution >= 0.6 is 0 Å². The maximum atomic E-state index is 11.6. The summed E-state index contributed by atoms with van der Waals surface area (Å²) in [7, 11) is -16.1. The Morgan fingerprint density at radius 3 is 1.88 bits per heavy atom. The third-order valence-electron chi connectivity index (χ3n) is 3.49. The summed E-state index contributed by atoms with van der Waals surface area (Å²) in [5.41, 5.74) is 4.14. The first-order valence-corrected chi connectivity index (χ1v) is 10.2. The van der Waals surface area contributed by atoms with Gasteiger partial charge in [0, 0.05) is 17.7 Å². The quantitative estimate of drug-likeness (QED) is 0.320. The van der Waals surface area contributed by atoms with Gasteiger partial charge in [-0.2, -0.15) is 25.3 Å². The molecule has 0 heterocycles. The lowest BCUT2D eigenvalue weighted by molar-refractivity contribution is 0.427. The molecule has 134 valence electrons. The van der Waals surface area contributed by atoms with Crippen LogP contribution in [0.2, 0.25) is 0 Å². The molecular weight excluding hydrogens is 390 g/mol. The minimum absolute atomic E-state index is 0.129. The highest BCUT2D eigenvalue weighted by atomic mass is 32.3. The predicted octanol–water partition coefficient (Wildman–Crippen LogP) is -0.558. The van der Waals surface area contributed by atoms with Crippen molar-refractivity contribution in [1.82, 2.24) is 0 Å². The Morgan fingerprint density at radius 2 is 1.46 bits per heavy atom. The van der Waals surface area contributed by atoms with Gasteiger partial charge in [0.1, 0.15) is 5.76 Å². The van der Waals surface area contributed by atoms with Gasteiger partial charge in [-0.05, 0) is 23.8 Å². The number of nitrogen functional groups attached to an aromatic ring is 1. The van der Waals surface area contributed by atoms with Crippen molar-refractivity contribution < 1.29 is 44.0 Å². The van der Waals surface area contributed by atoms with E-state index in [1.807, 2.05) is 0 Å². The summed E-state index contributed by atoms with van der Waals surface area (Å²) in [6.45, 7) is 0. The van der Waals surface area contributed by atoms with Crippen LogP contribution in [0.3, 0.4) is 0 Å². The van der Waals surface area contributed by atoms with E-state index in [1.165, 1.54) is 0 Å². The third kappa shape index (κ3) is 2.66. The molecule has 1 aliphatic carbocycles. The van der Waals surface area contributed by atoms with Crippen molar-refractivity contribution in [3.05, 3.63) is 29.3 Å². The van der Waals surface area contributed by atoms with E-state index in [4.69, 9.17) is 5.73 Å². The largest absolute Gasteiger partial charge is 0.507 e. The van der Waals surface area contributed by atoms with Crippen LogP contribution in [0.5, 0.6) is 0 Å². The van der Waals surface area contributed by atoms with E-state index in [2.05, 4.69) is 0 Å². The number of aliphatic hydroxyl groups excluding tert-OH is 1. The van der Waals surface area contributed by atoms with E-state index in [-0.39, 0.29) is 11.8 Å². The van der Waals surface area contributed by atoms with Crippen molar-refractivity contribution in [1.29, 1.82) is 0 Å². The fourth-order valence-corrected chi connectivity index (χ4v) is 5.37. The molecule has 0 radical (unpaired) electrons. The van der Waals surface area contributed by atoms with E-state index in [0.29, 0.717) is 0 Å². The summed E-state index contributed by atoms with van der Waals surface area (Å²) in [4.78, 5) is -0.942. The van der Waals surface area contributed by atoms with E-state index >= 15 is 0 Å². The van der Waals surface area contributed by atoms with E-state index in [1.54, 1.807) is 0 Å². The molecule has 2 rings (SSSR count). The zero-order chi connectivity index (χ0) is 18.7. The van der Waals surface area contributed by atoms with Crippen LogP contribution in [0.15, 0.2) is 23.1 Å². The SMILES string of the molecule is Nc1ccc(S(=O)(=O)O)c2c1C(O)=CC(S(=O)(=O)O)(S(=O)(=O)O)C2. The van der Waals surface area contributed by atoms with Crippen LogP contribution in [0.25, 0.3) is 5.76 Å². The van der Waals surface area contributed by atoms with Crippen molar-refractivity contribution >= 4 is 41.8 Å². The Bertz CT molecular complexity index is 1030. The Morgan fingerprint density at radius 1 is 0.958 bits per heavy atom. The van der Waals surface area contributed by atoms with Gasteiger partial charge in [0.25, 0.3) is 30.4 Å². The molecular formula is C10H11NO10S3. The molecule has 0 aromatic heterocycles. The summed E-state index contributed by atoms with van der Waals surface area (Å²) in [5.74, 6) is -1.12. The molecule has 0 saturated heterocycles. The first kappa shape index (κ1) is 18.6. The minimum atomic E-state index is -5.59. The molecule has 14 heteroatoms. The Kier molecular flexibility index (Phi) is 3.99. The Labute approximate surface area is 136 Å². The highest BCUT2D eigenvalue weighted by molar-refractivity contribution is 8.05. The molecule has 0 unspecified atom stereocenters. The average Bonchev–Trinajstić information content (AvgIpc) is 2.33. The number of benzene rings is 1. The molecule has 0 bridgehead atoms. The van der Waals surface area contributed by atoms with Crippen molar-refractivity contribution in [2.75, 3.05) is 5.73 Å². The number of hydrogen-bond acceptors (Lipinski definition) is 8. The number of fused-ring (bicyclic) bond motifs is 1. The molecule has 0 atom stereocenters. The van der Waals surface area contributed by atoms with E-state index in [9.17, 15) is 44.0 Å².